The van der Waals surface area contributed by atoms with Gasteiger partial charge in [0.1, 0.15) is 12.3 Å². The first-order valence-corrected chi connectivity index (χ1v) is 9.08. The van der Waals surface area contributed by atoms with Gasteiger partial charge in [0.2, 0.25) is 5.91 Å². The van der Waals surface area contributed by atoms with Crippen LogP contribution in [0.5, 0.6) is 5.75 Å². The van der Waals surface area contributed by atoms with Crippen molar-refractivity contribution in [2.75, 3.05) is 19.0 Å². The first-order chi connectivity index (χ1) is 13.9. The zero-order chi connectivity index (χ0) is 21.0. The molecule has 0 spiro atoms. The van der Waals surface area contributed by atoms with Crippen LogP contribution < -0.4 is 15.6 Å². The lowest BCUT2D eigenvalue weighted by Gasteiger charge is -2.12. The molecule has 0 aliphatic heterocycles. The van der Waals surface area contributed by atoms with Gasteiger partial charge in [-0.2, -0.15) is 0 Å². The lowest BCUT2D eigenvalue weighted by molar-refractivity contribution is -0.142. The van der Waals surface area contributed by atoms with E-state index in [0.717, 1.165) is 16.8 Å². The molecule has 29 heavy (non-hydrogen) atoms. The Kier molecular flexibility index (Phi) is 5.97. The van der Waals surface area contributed by atoms with Gasteiger partial charge in [0.05, 0.1) is 12.5 Å². The number of carbonyl (C=O) groups excluding carboxylic acids is 2. The van der Waals surface area contributed by atoms with Gasteiger partial charge in [-0.05, 0) is 49.2 Å². The molecular weight excluding hydrogens is 372 g/mol. The van der Waals surface area contributed by atoms with Crippen molar-refractivity contribution < 1.29 is 19.1 Å². The highest BCUT2D eigenvalue weighted by Gasteiger charge is 2.12. The van der Waals surface area contributed by atoms with E-state index in [2.05, 4.69) is 10.1 Å². The normalized spacial score (nSPS) is 10.6. The van der Waals surface area contributed by atoms with Crippen LogP contribution in [-0.4, -0.2) is 30.2 Å². The standard InChI is InChI=1S/C22H22N2O5/c1-14-7-8-15(2)18(11-14)23-20(25)12-24-10-9-16-17(22(24)27)5-4-6-19(16)29-13-21(26)28-3/h4-11H,12-13H2,1-3H3,(H,23,25). The van der Waals surface area contributed by atoms with Crippen LogP contribution in [0.25, 0.3) is 10.8 Å². The van der Waals surface area contributed by atoms with Crippen molar-refractivity contribution in [1.29, 1.82) is 0 Å². The molecule has 0 saturated carbocycles. The molecule has 1 heterocycles. The lowest BCUT2D eigenvalue weighted by atomic mass is 10.1. The topological polar surface area (TPSA) is 86.6 Å². The number of anilines is 1. The van der Waals surface area contributed by atoms with Gasteiger partial charge in [-0.15, -0.1) is 0 Å². The van der Waals surface area contributed by atoms with E-state index in [1.54, 1.807) is 30.5 Å². The fraction of sp³-hybridized carbons (Fsp3) is 0.227. The van der Waals surface area contributed by atoms with Crippen molar-refractivity contribution in [1.82, 2.24) is 4.57 Å². The number of pyridine rings is 1. The van der Waals surface area contributed by atoms with Crippen LogP contribution in [0.15, 0.2) is 53.5 Å². The number of hydrogen-bond donors (Lipinski definition) is 1. The summed E-state index contributed by atoms with van der Waals surface area (Å²) in [7, 11) is 1.27. The number of aromatic nitrogens is 1. The molecule has 1 amide bonds. The molecule has 0 atom stereocenters. The van der Waals surface area contributed by atoms with Gasteiger partial charge in [-0.25, -0.2) is 4.79 Å². The first-order valence-electron chi connectivity index (χ1n) is 9.08. The monoisotopic (exact) mass is 394 g/mol. The second-order valence-corrected chi connectivity index (χ2v) is 6.70. The van der Waals surface area contributed by atoms with E-state index in [4.69, 9.17) is 4.74 Å². The minimum atomic E-state index is -0.515. The Morgan fingerprint density at radius 3 is 2.62 bits per heavy atom. The summed E-state index contributed by atoms with van der Waals surface area (Å²) >= 11 is 0. The van der Waals surface area contributed by atoms with E-state index < -0.39 is 5.97 Å². The van der Waals surface area contributed by atoms with Crippen molar-refractivity contribution in [2.24, 2.45) is 0 Å². The number of amides is 1. The van der Waals surface area contributed by atoms with Gasteiger partial charge >= 0.3 is 5.97 Å². The van der Waals surface area contributed by atoms with E-state index in [1.165, 1.54) is 11.7 Å². The minimum Gasteiger partial charge on any atom is -0.481 e. The summed E-state index contributed by atoms with van der Waals surface area (Å²) in [6.07, 6.45) is 1.54. The number of aryl methyl sites for hydroxylation is 2. The minimum absolute atomic E-state index is 0.116. The van der Waals surface area contributed by atoms with E-state index in [-0.39, 0.29) is 24.6 Å². The van der Waals surface area contributed by atoms with E-state index >= 15 is 0 Å². The van der Waals surface area contributed by atoms with Gasteiger partial charge < -0.3 is 19.4 Å². The van der Waals surface area contributed by atoms with Gasteiger partial charge in [-0.3, -0.25) is 9.59 Å². The van der Waals surface area contributed by atoms with Crippen LogP contribution in [-0.2, 0) is 20.9 Å². The largest absolute Gasteiger partial charge is 0.481 e. The number of benzene rings is 2. The number of ether oxygens (including phenoxy) is 2. The molecule has 1 aromatic heterocycles. The highest BCUT2D eigenvalue weighted by Crippen LogP contribution is 2.23. The van der Waals surface area contributed by atoms with Crippen molar-refractivity contribution in [3.8, 4) is 5.75 Å². The lowest BCUT2D eigenvalue weighted by Crippen LogP contribution is -2.27. The molecule has 7 heteroatoms. The Balaban J connectivity index is 1.82. The van der Waals surface area contributed by atoms with E-state index in [9.17, 15) is 14.4 Å². The average Bonchev–Trinajstić information content (AvgIpc) is 2.71. The van der Waals surface area contributed by atoms with Crippen LogP contribution >= 0.6 is 0 Å². The number of rotatable bonds is 6. The Labute approximate surface area is 167 Å². The molecule has 2 aromatic carbocycles. The predicted octanol–water partition coefficient (Wildman–Crippen LogP) is 2.81. The number of nitrogens with zero attached hydrogens (tertiary/aromatic N) is 1. The number of hydrogen-bond acceptors (Lipinski definition) is 5. The number of nitrogens with one attached hydrogen (secondary N) is 1. The summed E-state index contributed by atoms with van der Waals surface area (Å²) in [5.41, 5.74) is 2.39. The summed E-state index contributed by atoms with van der Waals surface area (Å²) in [6.45, 7) is 3.49. The molecule has 150 valence electrons. The summed E-state index contributed by atoms with van der Waals surface area (Å²) < 4.78 is 11.4. The van der Waals surface area contributed by atoms with Gasteiger partial charge in [0, 0.05) is 17.3 Å². The van der Waals surface area contributed by atoms with Crippen molar-refractivity contribution in [3.63, 3.8) is 0 Å². The highest BCUT2D eigenvalue weighted by atomic mass is 16.6. The molecular formula is C22H22N2O5. The summed E-state index contributed by atoms with van der Waals surface area (Å²) in [6, 6.07) is 12.5. The van der Waals surface area contributed by atoms with Gasteiger partial charge in [-0.1, -0.05) is 18.2 Å². The number of esters is 1. The Bertz CT molecular complexity index is 1130. The fourth-order valence-corrected chi connectivity index (χ4v) is 2.95. The predicted molar refractivity (Wildman–Crippen MR) is 110 cm³/mol. The SMILES string of the molecule is COC(=O)COc1cccc2c(=O)n(CC(=O)Nc3cc(C)ccc3C)ccc12. The molecule has 3 rings (SSSR count). The Morgan fingerprint density at radius 1 is 1.07 bits per heavy atom. The van der Waals surface area contributed by atoms with Crippen LogP contribution in [0.1, 0.15) is 11.1 Å². The summed E-state index contributed by atoms with van der Waals surface area (Å²) in [4.78, 5) is 36.6. The van der Waals surface area contributed by atoms with Crippen molar-refractivity contribution in [3.05, 3.63) is 70.1 Å². The zero-order valence-corrected chi connectivity index (χ0v) is 16.5. The molecule has 0 bridgehead atoms. The third-order valence-corrected chi connectivity index (χ3v) is 4.53. The summed E-state index contributed by atoms with van der Waals surface area (Å²) in [5.74, 6) is -0.409. The molecule has 0 aliphatic rings. The summed E-state index contributed by atoms with van der Waals surface area (Å²) in [5, 5.41) is 3.81. The van der Waals surface area contributed by atoms with Crippen LogP contribution in [0.2, 0.25) is 0 Å². The van der Waals surface area contributed by atoms with Gasteiger partial charge in [0.25, 0.3) is 5.56 Å². The van der Waals surface area contributed by atoms with E-state index in [1.807, 2.05) is 32.0 Å². The highest BCUT2D eigenvalue weighted by molar-refractivity contribution is 5.92. The third-order valence-electron chi connectivity index (χ3n) is 4.53. The van der Waals surface area contributed by atoms with Crippen LogP contribution in [0.3, 0.4) is 0 Å². The molecule has 0 unspecified atom stereocenters. The molecule has 0 fully saturated rings. The Hall–Kier alpha value is -3.61. The molecule has 1 N–H and O–H groups in total. The van der Waals surface area contributed by atoms with Crippen LogP contribution in [0.4, 0.5) is 5.69 Å². The smallest absolute Gasteiger partial charge is 0.343 e. The van der Waals surface area contributed by atoms with Crippen molar-refractivity contribution >= 4 is 28.3 Å². The first kappa shape index (κ1) is 20.1. The maximum absolute atomic E-state index is 12.8. The van der Waals surface area contributed by atoms with E-state index in [0.29, 0.717) is 16.5 Å². The van der Waals surface area contributed by atoms with Gasteiger partial charge in [0.15, 0.2) is 6.61 Å². The molecule has 7 nitrogen and oxygen atoms in total. The van der Waals surface area contributed by atoms with Crippen molar-refractivity contribution in [2.45, 2.75) is 20.4 Å². The quantitative estimate of drug-likeness (QED) is 0.650. The molecule has 0 saturated heterocycles. The maximum Gasteiger partial charge on any atom is 0.343 e. The number of carbonyl (C=O) groups is 2. The second kappa shape index (κ2) is 8.60. The third kappa shape index (κ3) is 4.63. The fourth-order valence-electron chi connectivity index (χ4n) is 2.95. The molecule has 0 radical (unpaired) electrons. The molecule has 0 aliphatic carbocycles. The second-order valence-electron chi connectivity index (χ2n) is 6.70. The Morgan fingerprint density at radius 2 is 1.86 bits per heavy atom. The average molecular weight is 394 g/mol. The number of fused-ring (bicyclic) bond motifs is 1. The van der Waals surface area contributed by atoms with Crippen LogP contribution in [0, 0.1) is 13.8 Å². The number of methoxy groups -OCH3 is 1. The molecule has 3 aromatic rings. The zero-order valence-electron chi connectivity index (χ0n) is 16.5. The maximum atomic E-state index is 12.8.